The predicted octanol–water partition coefficient (Wildman–Crippen LogP) is 3.05. The Labute approximate surface area is 126 Å². The van der Waals surface area contributed by atoms with Gasteiger partial charge in [0, 0.05) is 18.1 Å². The summed E-state index contributed by atoms with van der Waals surface area (Å²) in [6.45, 7) is 3.89. The van der Waals surface area contributed by atoms with Gasteiger partial charge in [0.1, 0.15) is 0 Å². The van der Waals surface area contributed by atoms with Gasteiger partial charge in [0.15, 0.2) is 11.5 Å². The van der Waals surface area contributed by atoms with Crippen LogP contribution < -0.4 is 0 Å². The molecule has 0 saturated carbocycles. The van der Waals surface area contributed by atoms with Gasteiger partial charge in [-0.25, -0.2) is 0 Å². The third-order valence-electron chi connectivity index (χ3n) is 3.52. The van der Waals surface area contributed by atoms with Crippen LogP contribution in [0.4, 0.5) is 5.69 Å². The lowest BCUT2D eigenvalue weighted by molar-refractivity contribution is -0.386. The molecule has 0 aliphatic carbocycles. The van der Waals surface area contributed by atoms with Crippen molar-refractivity contribution in [1.29, 1.82) is 0 Å². The van der Waals surface area contributed by atoms with Gasteiger partial charge in [-0.3, -0.25) is 14.9 Å². The molecule has 0 aliphatic heterocycles. The second-order valence-electron chi connectivity index (χ2n) is 5.14. The number of nitrogens with zero attached hydrogens (tertiary/aromatic N) is 1. The Morgan fingerprint density at radius 2 is 1.82 bits per heavy atom. The number of benzene rings is 2. The summed E-state index contributed by atoms with van der Waals surface area (Å²) in [7, 11) is 0. The molecular formula is C16H15NO5. The van der Waals surface area contributed by atoms with Gasteiger partial charge in [-0.15, -0.1) is 0 Å². The molecule has 22 heavy (non-hydrogen) atoms. The van der Waals surface area contributed by atoms with E-state index in [2.05, 4.69) is 0 Å². The number of carbonyl (C=O) groups is 1. The largest absolute Gasteiger partial charge is 0.504 e. The number of aryl methyl sites for hydroxylation is 2. The number of rotatable bonds is 4. The number of hydrogen-bond acceptors (Lipinski definition) is 5. The van der Waals surface area contributed by atoms with Crippen molar-refractivity contribution in [1.82, 2.24) is 0 Å². The quantitative estimate of drug-likeness (QED) is 0.391. The van der Waals surface area contributed by atoms with Crippen LogP contribution in [-0.2, 0) is 6.42 Å². The van der Waals surface area contributed by atoms with Crippen molar-refractivity contribution in [2.45, 2.75) is 20.3 Å². The molecule has 0 atom stereocenters. The van der Waals surface area contributed by atoms with Crippen LogP contribution in [0.2, 0.25) is 0 Å². The standard InChI is InChI=1S/C16H15NO5/c1-9-3-4-11(5-10(9)2)6-14(18)12-7-13(17(21)22)16(20)15(19)8-12/h3-5,7-8,19-20H,6H2,1-2H3. The first-order valence-electron chi connectivity index (χ1n) is 6.59. The van der Waals surface area contributed by atoms with Crippen LogP contribution in [-0.4, -0.2) is 20.9 Å². The molecule has 6 nitrogen and oxygen atoms in total. The van der Waals surface area contributed by atoms with Crippen molar-refractivity contribution in [3.05, 3.63) is 62.7 Å². The Bertz CT molecular complexity index is 767. The number of ketones is 1. The third kappa shape index (κ3) is 3.06. The van der Waals surface area contributed by atoms with Gasteiger partial charge in [-0.2, -0.15) is 0 Å². The van der Waals surface area contributed by atoms with E-state index in [9.17, 15) is 25.1 Å². The van der Waals surface area contributed by atoms with Crippen LogP contribution in [0.3, 0.4) is 0 Å². The molecule has 2 N–H and O–H groups in total. The maximum Gasteiger partial charge on any atom is 0.315 e. The highest BCUT2D eigenvalue weighted by atomic mass is 16.6. The summed E-state index contributed by atoms with van der Waals surface area (Å²) < 4.78 is 0. The SMILES string of the molecule is Cc1ccc(CC(=O)c2cc(O)c(O)c([N+](=O)[O-])c2)cc1C. The highest BCUT2D eigenvalue weighted by molar-refractivity contribution is 5.99. The van der Waals surface area contributed by atoms with E-state index in [0.717, 1.165) is 28.8 Å². The molecule has 0 amide bonds. The summed E-state index contributed by atoms with van der Waals surface area (Å²) in [5.41, 5.74) is 2.23. The van der Waals surface area contributed by atoms with Crippen LogP contribution in [0.5, 0.6) is 11.5 Å². The number of nitro groups is 1. The molecule has 0 aromatic heterocycles. The number of phenols is 2. The first-order valence-corrected chi connectivity index (χ1v) is 6.59. The lowest BCUT2D eigenvalue weighted by Gasteiger charge is -2.06. The summed E-state index contributed by atoms with van der Waals surface area (Å²) in [5.74, 6) is -1.90. The van der Waals surface area contributed by atoms with Crippen molar-refractivity contribution in [3.8, 4) is 11.5 Å². The van der Waals surface area contributed by atoms with E-state index in [1.807, 2.05) is 32.0 Å². The summed E-state index contributed by atoms with van der Waals surface area (Å²) >= 11 is 0. The minimum Gasteiger partial charge on any atom is -0.504 e. The van der Waals surface area contributed by atoms with E-state index in [1.165, 1.54) is 0 Å². The Kier molecular flexibility index (Phi) is 4.12. The first-order chi connectivity index (χ1) is 10.3. The lowest BCUT2D eigenvalue weighted by atomic mass is 9.99. The summed E-state index contributed by atoms with van der Waals surface area (Å²) in [4.78, 5) is 22.2. The second kappa shape index (κ2) is 5.85. The fourth-order valence-corrected chi connectivity index (χ4v) is 2.11. The summed E-state index contributed by atoms with van der Waals surface area (Å²) in [6, 6.07) is 7.59. The van der Waals surface area contributed by atoms with E-state index in [-0.39, 0.29) is 17.8 Å². The van der Waals surface area contributed by atoms with Crippen molar-refractivity contribution < 1.29 is 19.9 Å². The molecule has 0 aliphatic rings. The normalized spacial score (nSPS) is 10.5. The number of phenolic OH excluding ortho intramolecular Hbond substituents is 2. The molecule has 114 valence electrons. The average Bonchev–Trinajstić information content (AvgIpc) is 2.45. The van der Waals surface area contributed by atoms with Gasteiger partial charge in [-0.05, 0) is 36.6 Å². The zero-order chi connectivity index (χ0) is 16.4. The second-order valence-corrected chi connectivity index (χ2v) is 5.14. The Balaban J connectivity index is 2.33. The number of nitro benzene ring substituents is 1. The Morgan fingerprint density at radius 3 is 2.41 bits per heavy atom. The molecular weight excluding hydrogens is 286 g/mol. The van der Waals surface area contributed by atoms with Crippen LogP contribution in [0.1, 0.15) is 27.0 Å². The van der Waals surface area contributed by atoms with Gasteiger partial charge >= 0.3 is 5.69 Å². The van der Waals surface area contributed by atoms with Crippen LogP contribution in [0, 0.1) is 24.0 Å². The fraction of sp³-hybridized carbons (Fsp3) is 0.188. The highest BCUT2D eigenvalue weighted by Gasteiger charge is 2.21. The smallest absolute Gasteiger partial charge is 0.315 e. The molecule has 0 bridgehead atoms. The first kappa shape index (κ1) is 15.5. The Hall–Kier alpha value is -2.89. The molecule has 0 radical (unpaired) electrons. The van der Waals surface area contributed by atoms with Crippen LogP contribution in [0.25, 0.3) is 0 Å². The van der Waals surface area contributed by atoms with E-state index in [1.54, 1.807) is 0 Å². The number of hydrogen-bond donors (Lipinski definition) is 2. The molecule has 0 fully saturated rings. The molecule has 0 unspecified atom stereocenters. The minimum absolute atomic E-state index is 0.0137. The third-order valence-corrected chi connectivity index (χ3v) is 3.52. The molecule has 2 aromatic rings. The van der Waals surface area contributed by atoms with Gasteiger partial charge in [0.25, 0.3) is 0 Å². The maximum atomic E-state index is 12.2. The molecule has 0 spiro atoms. The molecule has 0 saturated heterocycles. The van der Waals surface area contributed by atoms with E-state index >= 15 is 0 Å². The van der Waals surface area contributed by atoms with Crippen molar-refractivity contribution >= 4 is 11.5 Å². The van der Waals surface area contributed by atoms with E-state index < -0.39 is 22.1 Å². The van der Waals surface area contributed by atoms with Crippen LogP contribution >= 0.6 is 0 Å². The number of aromatic hydroxyl groups is 2. The molecule has 6 heteroatoms. The van der Waals surface area contributed by atoms with Crippen molar-refractivity contribution in [3.63, 3.8) is 0 Å². The molecule has 2 rings (SSSR count). The zero-order valence-corrected chi connectivity index (χ0v) is 12.2. The maximum absolute atomic E-state index is 12.2. The van der Waals surface area contributed by atoms with Crippen molar-refractivity contribution in [2.75, 3.05) is 0 Å². The van der Waals surface area contributed by atoms with Gasteiger partial charge < -0.3 is 10.2 Å². The number of carbonyl (C=O) groups excluding carboxylic acids is 1. The topological polar surface area (TPSA) is 101 Å². The van der Waals surface area contributed by atoms with Crippen molar-refractivity contribution in [2.24, 2.45) is 0 Å². The number of Topliss-reactive ketones (excluding diaryl/α,β-unsaturated/α-hetero) is 1. The summed E-state index contributed by atoms with van der Waals surface area (Å²) in [6.07, 6.45) is 0.0580. The van der Waals surface area contributed by atoms with Gasteiger partial charge in [-0.1, -0.05) is 18.2 Å². The molecule has 2 aromatic carbocycles. The van der Waals surface area contributed by atoms with Crippen LogP contribution in [0.15, 0.2) is 30.3 Å². The van der Waals surface area contributed by atoms with Gasteiger partial charge in [0.2, 0.25) is 5.75 Å². The lowest BCUT2D eigenvalue weighted by Crippen LogP contribution is -2.05. The molecule has 0 heterocycles. The average molecular weight is 301 g/mol. The Morgan fingerprint density at radius 1 is 1.14 bits per heavy atom. The van der Waals surface area contributed by atoms with Gasteiger partial charge in [0.05, 0.1) is 4.92 Å². The fourth-order valence-electron chi connectivity index (χ4n) is 2.11. The zero-order valence-electron chi connectivity index (χ0n) is 12.2. The van der Waals surface area contributed by atoms with E-state index in [4.69, 9.17) is 0 Å². The van der Waals surface area contributed by atoms with E-state index in [0.29, 0.717) is 0 Å². The minimum atomic E-state index is -0.845. The summed E-state index contributed by atoms with van der Waals surface area (Å²) in [5, 5.41) is 29.8. The predicted molar refractivity (Wildman–Crippen MR) is 80.4 cm³/mol. The monoisotopic (exact) mass is 301 g/mol. The highest BCUT2D eigenvalue weighted by Crippen LogP contribution is 2.36.